The molecule has 3 N–H and O–H groups in total. The first-order chi connectivity index (χ1) is 8.54. The second-order valence-corrected chi connectivity index (χ2v) is 4.97. The third-order valence-electron chi connectivity index (χ3n) is 2.93. The van der Waals surface area contributed by atoms with Gasteiger partial charge in [0.1, 0.15) is 0 Å². The molecule has 2 atom stereocenters. The number of rotatable bonds is 6. The zero-order valence-corrected chi connectivity index (χ0v) is 11.7. The molecule has 0 aliphatic carbocycles. The molecule has 0 aliphatic rings. The van der Waals surface area contributed by atoms with E-state index in [9.17, 15) is 4.79 Å². The molecular weight excluding hydrogens is 248 g/mol. The molecule has 0 saturated carbocycles. The van der Waals surface area contributed by atoms with Gasteiger partial charge in [-0.05, 0) is 31.0 Å². The van der Waals surface area contributed by atoms with Crippen LogP contribution in [0.4, 0.5) is 0 Å². The minimum atomic E-state index is -0.417. The van der Waals surface area contributed by atoms with Crippen molar-refractivity contribution in [2.75, 3.05) is 0 Å². The standard InChI is InChI=1S/C14H21ClN2O/c1-3-4-5-13(16)14(18)17-10(2)11-6-8-12(15)9-7-11/h6-10,13H,3-5,16H2,1-2H3,(H,17,18)/t10-,13+/m1/s1. The Kier molecular flexibility index (Phi) is 6.16. The Hall–Kier alpha value is -1.06. The summed E-state index contributed by atoms with van der Waals surface area (Å²) in [5, 5.41) is 3.61. The molecule has 0 heterocycles. The summed E-state index contributed by atoms with van der Waals surface area (Å²) < 4.78 is 0. The van der Waals surface area contributed by atoms with Crippen molar-refractivity contribution >= 4 is 17.5 Å². The van der Waals surface area contributed by atoms with Crippen LogP contribution in [-0.4, -0.2) is 11.9 Å². The summed E-state index contributed by atoms with van der Waals surface area (Å²) in [6.07, 6.45) is 2.76. The van der Waals surface area contributed by atoms with Crippen molar-refractivity contribution in [1.29, 1.82) is 0 Å². The Bertz CT molecular complexity index is 378. The SMILES string of the molecule is CCCC[C@H](N)C(=O)N[C@H](C)c1ccc(Cl)cc1. The molecular formula is C14H21ClN2O. The lowest BCUT2D eigenvalue weighted by Gasteiger charge is -2.17. The number of nitrogens with one attached hydrogen (secondary N) is 1. The third kappa shape index (κ3) is 4.67. The van der Waals surface area contributed by atoms with Crippen LogP contribution in [0.25, 0.3) is 0 Å². The van der Waals surface area contributed by atoms with E-state index in [1.54, 1.807) is 0 Å². The van der Waals surface area contributed by atoms with E-state index in [0.29, 0.717) is 5.02 Å². The van der Waals surface area contributed by atoms with Crippen LogP contribution < -0.4 is 11.1 Å². The smallest absolute Gasteiger partial charge is 0.237 e. The molecule has 0 aromatic heterocycles. The number of carbonyl (C=O) groups excluding carboxylic acids is 1. The number of hydrogen-bond donors (Lipinski definition) is 2. The van der Waals surface area contributed by atoms with E-state index >= 15 is 0 Å². The minimum Gasteiger partial charge on any atom is -0.348 e. The molecule has 4 heteroatoms. The van der Waals surface area contributed by atoms with E-state index in [2.05, 4.69) is 12.2 Å². The van der Waals surface area contributed by atoms with Gasteiger partial charge in [0.2, 0.25) is 5.91 Å². The summed E-state index contributed by atoms with van der Waals surface area (Å²) in [5.74, 6) is -0.0918. The van der Waals surface area contributed by atoms with Crippen LogP contribution >= 0.6 is 11.6 Å². The van der Waals surface area contributed by atoms with Gasteiger partial charge in [-0.25, -0.2) is 0 Å². The van der Waals surface area contributed by atoms with Gasteiger partial charge in [-0.3, -0.25) is 4.79 Å². The summed E-state index contributed by atoms with van der Waals surface area (Å²) in [6.45, 7) is 4.02. The Labute approximate surface area is 114 Å². The van der Waals surface area contributed by atoms with Gasteiger partial charge in [0.05, 0.1) is 12.1 Å². The molecule has 0 aliphatic heterocycles. The number of nitrogens with two attached hydrogens (primary N) is 1. The highest BCUT2D eigenvalue weighted by atomic mass is 35.5. The summed E-state index contributed by atoms with van der Waals surface area (Å²) >= 11 is 5.82. The quantitative estimate of drug-likeness (QED) is 0.833. The maximum Gasteiger partial charge on any atom is 0.237 e. The Morgan fingerprint density at radius 1 is 1.39 bits per heavy atom. The monoisotopic (exact) mass is 268 g/mol. The van der Waals surface area contributed by atoms with Gasteiger partial charge in [-0.2, -0.15) is 0 Å². The van der Waals surface area contributed by atoms with E-state index in [-0.39, 0.29) is 11.9 Å². The average Bonchev–Trinajstić information content (AvgIpc) is 2.36. The molecule has 100 valence electrons. The largest absolute Gasteiger partial charge is 0.348 e. The lowest BCUT2D eigenvalue weighted by molar-refractivity contribution is -0.123. The normalized spacial score (nSPS) is 14.0. The predicted molar refractivity (Wildman–Crippen MR) is 75.5 cm³/mol. The van der Waals surface area contributed by atoms with Gasteiger partial charge in [0.15, 0.2) is 0 Å². The van der Waals surface area contributed by atoms with Crippen LogP contribution in [0.5, 0.6) is 0 Å². The predicted octanol–water partition coefficient (Wildman–Crippen LogP) is 3.03. The summed E-state index contributed by atoms with van der Waals surface area (Å²) in [4.78, 5) is 11.8. The highest BCUT2D eigenvalue weighted by molar-refractivity contribution is 6.30. The Morgan fingerprint density at radius 3 is 2.56 bits per heavy atom. The first-order valence-electron chi connectivity index (χ1n) is 6.36. The maximum atomic E-state index is 11.8. The lowest BCUT2D eigenvalue weighted by atomic mass is 10.1. The van der Waals surface area contributed by atoms with E-state index < -0.39 is 6.04 Å². The number of hydrogen-bond acceptors (Lipinski definition) is 2. The lowest BCUT2D eigenvalue weighted by Crippen LogP contribution is -2.41. The van der Waals surface area contributed by atoms with Crippen molar-refractivity contribution in [3.05, 3.63) is 34.9 Å². The van der Waals surface area contributed by atoms with Crippen LogP contribution in [0.3, 0.4) is 0 Å². The van der Waals surface area contributed by atoms with Gasteiger partial charge in [-0.1, -0.05) is 43.5 Å². The molecule has 3 nitrogen and oxygen atoms in total. The Balaban J connectivity index is 2.51. The fourth-order valence-corrected chi connectivity index (χ4v) is 1.84. The van der Waals surface area contributed by atoms with Gasteiger partial charge >= 0.3 is 0 Å². The van der Waals surface area contributed by atoms with Gasteiger partial charge in [-0.15, -0.1) is 0 Å². The van der Waals surface area contributed by atoms with Crippen LogP contribution in [0.1, 0.15) is 44.7 Å². The number of halogens is 1. The van der Waals surface area contributed by atoms with Crippen molar-refractivity contribution in [2.45, 2.75) is 45.2 Å². The van der Waals surface area contributed by atoms with Gasteiger partial charge in [0, 0.05) is 5.02 Å². The molecule has 1 rings (SSSR count). The second-order valence-electron chi connectivity index (χ2n) is 4.53. The van der Waals surface area contributed by atoms with Gasteiger partial charge in [0.25, 0.3) is 0 Å². The van der Waals surface area contributed by atoms with E-state index in [1.807, 2.05) is 31.2 Å². The van der Waals surface area contributed by atoms with E-state index in [4.69, 9.17) is 17.3 Å². The fourth-order valence-electron chi connectivity index (χ4n) is 1.71. The minimum absolute atomic E-state index is 0.0533. The molecule has 0 saturated heterocycles. The fraction of sp³-hybridized carbons (Fsp3) is 0.500. The third-order valence-corrected chi connectivity index (χ3v) is 3.19. The molecule has 1 amide bonds. The summed E-state index contributed by atoms with van der Waals surface area (Å²) in [5.41, 5.74) is 6.84. The number of unbranched alkanes of at least 4 members (excludes halogenated alkanes) is 1. The zero-order valence-electron chi connectivity index (χ0n) is 10.9. The van der Waals surface area contributed by atoms with E-state index in [1.165, 1.54) is 0 Å². The van der Waals surface area contributed by atoms with E-state index in [0.717, 1.165) is 24.8 Å². The molecule has 1 aromatic carbocycles. The van der Waals surface area contributed by atoms with Crippen molar-refractivity contribution in [1.82, 2.24) is 5.32 Å². The molecule has 0 unspecified atom stereocenters. The molecule has 0 fully saturated rings. The zero-order chi connectivity index (χ0) is 13.5. The van der Waals surface area contributed by atoms with Crippen molar-refractivity contribution < 1.29 is 4.79 Å². The van der Waals surface area contributed by atoms with Crippen molar-refractivity contribution in [3.63, 3.8) is 0 Å². The first-order valence-corrected chi connectivity index (χ1v) is 6.73. The van der Waals surface area contributed by atoms with Crippen LogP contribution in [0.2, 0.25) is 5.02 Å². The summed E-state index contributed by atoms with van der Waals surface area (Å²) in [6, 6.07) is 6.98. The second kappa shape index (κ2) is 7.39. The molecule has 0 bridgehead atoms. The topological polar surface area (TPSA) is 55.1 Å². The Morgan fingerprint density at radius 2 is 2.00 bits per heavy atom. The number of benzene rings is 1. The molecule has 18 heavy (non-hydrogen) atoms. The summed E-state index contributed by atoms with van der Waals surface area (Å²) in [7, 11) is 0. The van der Waals surface area contributed by atoms with Crippen molar-refractivity contribution in [3.8, 4) is 0 Å². The number of amides is 1. The van der Waals surface area contributed by atoms with Crippen LogP contribution in [-0.2, 0) is 4.79 Å². The van der Waals surface area contributed by atoms with Crippen LogP contribution in [0, 0.1) is 0 Å². The molecule has 0 radical (unpaired) electrons. The first kappa shape index (κ1) is 15.0. The molecule has 1 aromatic rings. The molecule has 0 spiro atoms. The van der Waals surface area contributed by atoms with Gasteiger partial charge < -0.3 is 11.1 Å². The van der Waals surface area contributed by atoms with Crippen LogP contribution in [0.15, 0.2) is 24.3 Å². The highest BCUT2D eigenvalue weighted by Gasteiger charge is 2.15. The number of carbonyl (C=O) groups is 1. The average molecular weight is 269 g/mol. The highest BCUT2D eigenvalue weighted by Crippen LogP contribution is 2.16. The van der Waals surface area contributed by atoms with Crippen molar-refractivity contribution in [2.24, 2.45) is 5.73 Å². The maximum absolute atomic E-state index is 11.8.